The van der Waals surface area contributed by atoms with E-state index in [1.807, 2.05) is 0 Å². The van der Waals surface area contributed by atoms with Gasteiger partial charge in [-0.15, -0.1) is 0 Å². The maximum atomic E-state index is 11.0. The number of hydrogen-bond acceptors (Lipinski definition) is 5. The number of rotatable bonds is 3. The van der Waals surface area contributed by atoms with Crippen LogP contribution in [0.5, 0.6) is 5.95 Å². The van der Waals surface area contributed by atoms with Crippen molar-refractivity contribution in [1.29, 1.82) is 0 Å². The summed E-state index contributed by atoms with van der Waals surface area (Å²) in [4.78, 5) is 11.0. The quantitative estimate of drug-likeness (QED) is 0.711. The maximum absolute atomic E-state index is 11.0. The molecule has 1 aromatic heterocycles. The molecule has 5 heteroatoms. The third-order valence-electron chi connectivity index (χ3n) is 1.99. The second-order valence-corrected chi connectivity index (χ2v) is 3.01. The molecule has 0 aliphatic carbocycles. The number of carbonyl (C=O) groups is 1. The molecule has 0 unspecified atom stereocenters. The largest absolute Gasteiger partial charge is 0.463 e. The third-order valence-corrected chi connectivity index (χ3v) is 1.99. The van der Waals surface area contributed by atoms with Crippen molar-refractivity contribution < 1.29 is 18.7 Å². The Kier molecular flexibility index (Phi) is 2.41. The van der Waals surface area contributed by atoms with Gasteiger partial charge < -0.3 is 19.2 Å². The van der Waals surface area contributed by atoms with Gasteiger partial charge in [0.2, 0.25) is 5.76 Å². The molecule has 1 aromatic rings. The molecule has 0 saturated carbocycles. The van der Waals surface area contributed by atoms with Gasteiger partial charge >= 0.3 is 5.97 Å². The van der Waals surface area contributed by atoms with Crippen molar-refractivity contribution in [2.45, 2.75) is 6.10 Å². The number of furan rings is 1. The Morgan fingerprint density at radius 2 is 2.36 bits per heavy atom. The number of methoxy groups -OCH3 is 1. The lowest BCUT2D eigenvalue weighted by molar-refractivity contribution is 0.0540. The smallest absolute Gasteiger partial charge is 0.374 e. The molecule has 1 fully saturated rings. The molecule has 0 aromatic carbocycles. The van der Waals surface area contributed by atoms with E-state index in [0.717, 1.165) is 13.1 Å². The Hall–Kier alpha value is -1.49. The van der Waals surface area contributed by atoms with Crippen LogP contribution in [0.3, 0.4) is 0 Å². The van der Waals surface area contributed by atoms with Gasteiger partial charge in [-0.2, -0.15) is 0 Å². The molecule has 2 rings (SSSR count). The van der Waals surface area contributed by atoms with Gasteiger partial charge in [0.15, 0.2) is 0 Å². The van der Waals surface area contributed by atoms with Gasteiger partial charge in [-0.1, -0.05) is 0 Å². The van der Waals surface area contributed by atoms with Crippen molar-refractivity contribution in [3.63, 3.8) is 0 Å². The van der Waals surface area contributed by atoms with Crippen LogP contribution in [-0.4, -0.2) is 32.3 Å². The van der Waals surface area contributed by atoms with Crippen LogP contribution in [0.15, 0.2) is 16.5 Å². The molecule has 2 heterocycles. The summed E-state index contributed by atoms with van der Waals surface area (Å²) in [5.74, 6) is 0.0262. The predicted octanol–water partition coefficient (Wildman–Crippen LogP) is 0.417. The molecule has 0 radical (unpaired) electrons. The standard InChI is InChI=1S/C9H11NO4/c1-12-9(11)7-2-3-8(14-7)13-6-4-10-5-6/h2-3,6,10H,4-5H2,1H3. The Morgan fingerprint density at radius 1 is 1.57 bits per heavy atom. The molecule has 0 amide bonds. The molecule has 76 valence electrons. The van der Waals surface area contributed by atoms with E-state index in [-0.39, 0.29) is 11.9 Å². The number of hydrogen-bond donors (Lipinski definition) is 1. The lowest BCUT2D eigenvalue weighted by atomic mass is 10.2. The summed E-state index contributed by atoms with van der Waals surface area (Å²) in [6.07, 6.45) is 0.145. The Bertz CT molecular complexity index is 329. The lowest BCUT2D eigenvalue weighted by Crippen LogP contribution is -2.50. The summed E-state index contributed by atoms with van der Waals surface area (Å²) in [5.41, 5.74) is 0. The molecule has 1 aliphatic rings. The van der Waals surface area contributed by atoms with Gasteiger partial charge in [0.25, 0.3) is 5.95 Å². The van der Waals surface area contributed by atoms with Crippen LogP contribution in [0, 0.1) is 0 Å². The van der Waals surface area contributed by atoms with E-state index in [9.17, 15) is 4.79 Å². The van der Waals surface area contributed by atoms with Crippen LogP contribution < -0.4 is 10.1 Å². The zero-order valence-electron chi connectivity index (χ0n) is 7.78. The van der Waals surface area contributed by atoms with Crippen LogP contribution in [-0.2, 0) is 4.74 Å². The van der Waals surface area contributed by atoms with Crippen molar-refractivity contribution in [1.82, 2.24) is 5.32 Å². The molecule has 0 atom stereocenters. The van der Waals surface area contributed by atoms with Crippen LogP contribution in [0.1, 0.15) is 10.6 Å². The summed E-state index contributed by atoms with van der Waals surface area (Å²) in [6, 6.07) is 3.15. The molecular formula is C9H11NO4. The highest BCUT2D eigenvalue weighted by atomic mass is 16.6. The highest BCUT2D eigenvalue weighted by Gasteiger charge is 2.20. The topological polar surface area (TPSA) is 60.7 Å². The average molecular weight is 197 g/mol. The fraction of sp³-hybridized carbons (Fsp3) is 0.444. The van der Waals surface area contributed by atoms with Gasteiger partial charge in [-0.05, 0) is 6.07 Å². The zero-order chi connectivity index (χ0) is 9.97. The molecule has 1 saturated heterocycles. The molecule has 1 aliphatic heterocycles. The second kappa shape index (κ2) is 3.71. The fourth-order valence-electron chi connectivity index (χ4n) is 1.10. The van der Waals surface area contributed by atoms with Crippen LogP contribution in [0.4, 0.5) is 0 Å². The Labute approximate surface area is 81.0 Å². The van der Waals surface area contributed by atoms with Crippen LogP contribution >= 0.6 is 0 Å². The number of nitrogens with one attached hydrogen (secondary N) is 1. The van der Waals surface area contributed by atoms with Crippen LogP contribution in [0.25, 0.3) is 0 Å². The zero-order valence-corrected chi connectivity index (χ0v) is 7.78. The molecule has 0 spiro atoms. The fourth-order valence-corrected chi connectivity index (χ4v) is 1.10. The second-order valence-electron chi connectivity index (χ2n) is 3.01. The van der Waals surface area contributed by atoms with Crippen molar-refractivity contribution in [3.8, 4) is 5.95 Å². The van der Waals surface area contributed by atoms with Crippen molar-refractivity contribution in [2.24, 2.45) is 0 Å². The van der Waals surface area contributed by atoms with E-state index in [1.165, 1.54) is 13.2 Å². The minimum absolute atomic E-state index is 0.145. The number of esters is 1. The predicted molar refractivity (Wildman–Crippen MR) is 47.3 cm³/mol. The van der Waals surface area contributed by atoms with Gasteiger partial charge in [0.05, 0.1) is 7.11 Å². The van der Waals surface area contributed by atoms with E-state index in [2.05, 4.69) is 10.1 Å². The van der Waals surface area contributed by atoms with E-state index < -0.39 is 5.97 Å². The summed E-state index contributed by atoms with van der Waals surface area (Å²) in [7, 11) is 1.31. The number of carbonyl (C=O) groups excluding carboxylic acids is 1. The molecule has 1 N–H and O–H groups in total. The highest BCUT2D eigenvalue weighted by Crippen LogP contribution is 2.18. The first-order valence-electron chi connectivity index (χ1n) is 4.35. The Balaban J connectivity index is 1.98. The SMILES string of the molecule is COC(=O)c1ccc(OC2CNC2)o1. The summed E-state index contributed by atoms with van der Waals surface area (Å²) < 4.78 is 15.0. The maximum Gasteiger partial charge on any atom is 0.374 e. The van der Waals surface area contributed by atoms with Crippen molar-refractivity contribution >= 4 is 5.97 Å². The normalized spacial score (nSPS) is 16.1. The molecule has 5 nitrogen and oxygen atoms in total. The minimum Gasteiger partial charge on any atom is -0.463 e. The van der Waals surface area contributed by atoms with Gasteiger partial charge in [0, 0.05) is 19.2 Å². The molecule has 14 heavy (non-hydrogen) atoms. The first kappa shape index (κ1) is 9.08. The number of ether oxygens (including phenoxy) is 2. The highest BCUT2D eigenvalue weighted by molar-refractivity contribution is 5.86. The average Bonchev–Trinajstić information content (AvgIpc) is 2.58. The summed E-state index contributed by atoms with van der Waals surface area (Å²) in [5, 5.41) is 3.06. The monoisotopic (exact) mass is 197 g/mol. The third kappa shape index (κ3) is 1.72. The lowest BCUT2D eigenvalue weighted by Gasteiger charge is -2.26. The van der Waals surface area contributed by atoms with E-state index >= 15 is 0 Å². The van der Waals surface area contributed by atoms with Crippen molar-refractivity contribution in [2.75, 3.05) is 20.2 Å². The summed E-state index contributed by atoms with van der Waals surface area (Å²) in [6.45, 7) is 1.63. The van der Waals surface area contributed by atoms with Gasteiger partial charge in [-0.25, -0.2) is 4.79 Å². The summed E-state index contributed by atoms with van der Waals surface area (Å²) >= 11 is 0. The van der Waals surface area contributed by atoms with Crippen molar-refractivity contribution in [3.05, 3.63) is 17.9 Å². The first-order valence-corrected chi connectivity index (χ1v) is 4.35. The van der Waals surface area contributed by atoms with E-state index in [1.54, 1.807) is 6.07 Å². The van der Waals surface area contributed by atoms with E-state index in [0.29, 0.717) is 5.95 Å². The van der Waals surface area contributed by atoms with E-state index in [4.69, 9.17) is 9.15 Å². The van der Waals surface area contributed by atoms with Gasteiger partial charge in [0.1, 0.15) is 6.10 Å². The molecule has 0 bridgehead atoms. The molecular weight excluding hydrogens is 186 g/mol. The first-order chi connectivity index (χ1) is 6.79. The van der Waals surface area contributed by atoms with Gasteiger partial charge in [-0.3, -0.25) is 0 Å². The van der Waals surface area contributed by atoms with Crippen LogP contribution in [0.2, 0.25) is 0 Å². The Morgan fingerprint density at radius 3 is 2.93 bits per heavy atom. The minimum atomic E-state index is -0.494.